The standard InChI is InChI=1S/C20H24O10/c1-20(2,30-19-18(26)17(25)16(24)12(7-21)29-19)13-5-9-11(27-13)6-10-8(15(9)23)3-4-14(22)28-10/h3-4,6,12-13,16-19,21,23-26H,5,7H2,1-2H3/t12-,13-,16+,17-,18-,19-/m0/s1. The second-order valence-electron chi connectivity index (χ2n) is 8.10. The van der Waals surface area contributed by atoms with Crippen molar-refractivity contribution < 1.29 is 44.2 Å². The van der Waals surface area contributed by atoms with Crippen LogP contribution >= 0.6 is 0 Å². The topological polar surface area (TPSA) is 159 Å². The van der Waals surface area contributed by atoms with Crippen molar-refractivity contribution in [1.29, 1.82) is 0 Å². The molecule has 30 heavy (non-hydrogen) atoms. The third-order valence-electron chi connectivity index (χ3n) is 5.67. The lowest BCUT2D eigenvalue weighted by atomic mass is 9.94. The molecule has 5 N–H and O–H groups in total. The average Bonchev–Trinajstić information content (AvgIpc) is 3.13. The van der Waals surface area contributed by atoms with E-state index in [0.717, 1.165) is 0 Å². The maximum Gasteiger partial charge on any atom is 0.336 e. The number of fused-ring (bicyclic) bond motifs is 2. The molecule has 6 atom stereocenters. The molecule has 10 heteroatoms. The second kappa shape index (κ2) is 7.49. The van der Waals surface area contributed by atoms with Gasteiger partial charge in [-0.15, -0.1) is 0 Å². The molecule has 1 saturated heterocycles. The van der Waals surface area contributed by atoms with Crippen LogP contribution in [0, 0.1) is 0 Å². The minimum atomic E-state index is -1.56. The van der Waals surface area contributed by atoms with Gasteiger partial charge in [0.25, 0.3) is 0 Å². The number of aromatic hydroxyl groups is 1. The fourth-order valence-corrected chi connectivity index (χ4v) is 3.83. The van der Waals surface area contributed by atoms with Crippen LogP contribution in [0.1, 0.15) is 19.4 Å². The Balaban J connectivity index is 1.57. The number of phenols is 1. The summed E-state index contributed by atoms with van der Waals surface area (Å²) >= 11 is 0. The molecule has 0 unspecified atom stereocenters. The van der Waals surface area contributed by atoms with Crippen molar-refractivity contribution >= 4 is 11.0 Å². The number of aliphatic hydroxyl groups is 4. The third kappa shape index (κ3) is 3.45. The van der Waals surface area contributed by atoms with Crippen molar-refractivity contribution in [2.24, 2.45) is 0 Å². The van der Waals surface area contributed by atoms with Crippen molar-refractivity contribution in [2.45, 2.75) is 62.7 Å². The van der Waals surface area contributed by atoms with Crippen LogP contribution in [0.5, 0.6) is 11.5 Å². The first-order valence-corrected chi connectivity index (χ1v) is 9.56. The van der Waals surface area contributed by atoms with Crippen LogP contribution in [-0.2, 0) is 15.9 Å². The van der Waals surface area contributed by atoms with Crippen LogP contribution in [0.2, 0.25) is 0 Å². The summed E-state index contributed by atoms with van der Waals surface area (Å²) < 4.78 is 22.3. The van der Waals surface area contributed by atoms with Gasteiger partial charge in [0.15, 0.2) is 6.29 Å². The number of hydrogen-bond donors (Lipinski definition) is 5. The first-order chi connectivity index (χ1) is 14.1. The monoisotopic (exact) mass is 424 g/mol. The molecule has 0 radical (unpaired) electrons. The second-order valence-corrected chi connectivity index (χ2v) is 8.10. The van der Waals surface area contributed by atoms with E-state index in [0.29, 0.717) is 16.7 Å². The quantitative estimate of drug-likeness (QED) is 0.401. The van der Waals surface area contributed by atoms with Gasteiger partial charge in [-0.05, 0) is 19.9 Å². The largest absolute Gasteiger partial charge is 0.507 e. The molecule has 10 nitrogen and oxygen atoms in total. The molecule has 0 saturated carbocycles. The Labute approximate surface area is 170 Å². The molecule has 3 heterocycles. The minimum Gasteiger partial charge on any atom is -0.507 e. The molecule has 1 aromatic carbocycles. The zero-order valence-electron chi connectivity index (χ0n) is 16.4. The van der Waals surface area contributed by atoms with Crippen LogP contribution in [-0.4, -0.2) is 74.6 Å². The highest BCUT2D eigenvalue weighted by Gasteiger charge is 2.48. The Hall–Kier alpha value is -2.21. The summed E-state index contributed by atoms with van der Waals surface area (Å²) in [6.07, 6.45) is -7.36. The van der Waals surface area contributed by atoms with E-state index in [4.69, 9.17) is 18.6 Å². The molecule has 0 spiro atoms. The van der Waals surface area contributed by atoms with E-state index in [1.165, 1.54) is 18.2 Å². The predicted octanol–water partition coefficient (Wildman–Crippen LogP) is -0.603. The molecule has 0 amide bonds. The highest BCUT2D eigenvalue weighted by molar-refractivity contribution is 5.87. The van der Waals surface area contributed by atoms with Gasteiger partial charge in [-0.1, -0.05) is 0 Å². The average molecular weight is 424 g/mol. The molecule has 0 bridgehead atoms. The summed E-state index contributed by atoms with van der Waals surface area (Å²) in [5, 5.41) is 50.4. The van der Waals surface area contributed by atoms with Crippen LogP contribution in [0.4, 0.5) is 0 Å². The predicted molar refractivity (Wildman–Crippen MR) is 101 cm³/mol. The van der Waals surface area contributed by atoms with Gasteiger partial charge < -0.3 is 44.2 Å². The van der Waals surface area contributed by atoms with Gasteiger partial charge in [-0.3, -0.25) is 0 Å². The smallest absolute Gasteiger partial charge is 0.336 e. The highest BCUT2D eigenvalue weighted by atomic mass is 16.7. The van der Waals surface area contributed by atoms with E-state index in [1.807, 2.05) is 0 Å². The summed E-state index contributed by atoms with van der Waals surface area (Å²) in [6, 6.07) is 4.21. The number of hydrogen-bond acceptors (Lipinski definition) is 10. The Morgan fingerprint density at radius 3 is 2.60 bits per heavy atom. The number of rotatable bonds is 4. The number of phenolic OH excluding ortho intramolecular Hbond substituents is 1. The van der Waals surface area contributed by atoms with Gasteiger partial charge in [-0.2, -0.15) is 0 Å². The molecule has 2 aromatic rings. The molecule has 0 aliphatic carbocycles. The van der Waals surface area contributed by atoms with Crippen molar-refractivity contribution in [2.75, 3.05) is 6.61 Å². The molecule has 1 fully saturated rings. The minimum absolute atomic E-state index is 0.0580. The Morgan fingerprint density at radius 1 is 1.17 bits per heavy atom. The number of aliphatic hydroxyl groups excluding tert-OH is 4. The molecule has 2 aliphatic rings. The van der Waals surface area contributed by atoms with E-state index in [9.17, 15) is 30.3 Å². The van der Waals surface area contributed by atoms with Crippen molar-refractivity contribution in [3.8, 4) is 11.5 Å². The lowest BCUT2D eigenvalue weighted by molar-refractivity contribution is -0.329. The third-order valence-corrected chi connectivity index (χ3v) is 5.67. The lowest BCUT2D eigenvalue weighted by Gasteiger charge is -2.43. The molecule has 4 rings (SSSR count). The molecular formula is C20H24O10. The summed E-state index contributed by atoms with van der Waals surface area (Å²) in [7, 11) is 0. The normalized spacial score (nSPS) is 31.5. The molecule has 1 aromatic heterocycles. The first-order valence-electron chi connectivity index (χ1n) is 9.56. The van der Waals surface area contributed by atoms with E-state index in [2.05, 4.69) is 0 Å². The van der Waals surface area contributed by atoms with Crippen LogP contribution in [0.3, 0.4) is 0 Å². The van der Waals surface area contributed by atoms with Crippen LogP contribution in [0.15, 0.2) is 27.4 Å². The van der Waals surface area contributed by atoms with E-state index in [-0.39, 0.29) is 17.8 Å². The van der Waals surface area contributed by atoms with Gasteiger partial charge in [0.2, 0.25) is 0 Å². The van der Waals surface area contributed by atoms with E-state index >= 15 is 0 Å². The van der Waals surface area contributed by atoms with Gasteiger partial charge in [0.1, 0.15) is 53.2 Å². The Bertz CT molecular complexity index is 997. The van der Waals surface area contributed by atoms with Crippen LogP contribution < -0.4 is 10.4 Å². The first kappa shape index (κ1) is 21.0. The summed E-state index contributed by atoms with van der Waals surface area (Å²) in [5.41, 5.74) is -0.923. The van der Waals surface area contributed by atoms with E-state index < -0.39 is 54.6 Å². The number of ether oxygens (including phenoxy) is 3. The van der Waals surface area contributed by atoms with Crippen molar-refractivity contribution in [3.05, 3.63) is 34.2 Å². The zero-order chi connectivity index (χ0) is 21.8. The van der Waals surface area contributed by atoms with Crippen LogP contribution in [0.25, 0.3) is 11.0 Å². The molecule has 164 valence electrons. The maximum absolute atomic E-state index is 11.5. The lowest BCUT2D eigenvalue weighted by Crippen LogP contribution is -2.61. The SMILES string of the molecule is CC(C)(O[C@@H]1O[C@@H](CO)[C@@H](O)[C@H](O)[C@@H]1O)[C@@H]1Cc2c(cc3oc(=O)ccc3c2O)O1. The van der Waals surface area contributed by atoms with Gasteiger partial charge in [0, 0.05) is 24.1 Å². The summed E-state index contributed by atoms with van der Waals surface area (Å²) in [6.45, 7) is 2.80. The number of benzene rings is 1. The molecule has 2 aliphatic heterocycles. The van der Waals surface area contributed by atoms with Gasteiger partial charge >= 0.3 is 5.63 Å². The zero-order valence-corrected chi connectivity index (χ0v) is 16.4. The summed E-state index contributed by atoms with van der Waals surface area (Å²) in [4.78, 5) is 11.5. The van der Waals surface area contributed by atoms with Crippen molar-refractivity contribution in [3.63, 3.8) is 0 Å². The summed E-state index contributed by atoms with van der Waals surface area (Å²) in [5.74, 6) is 0.280. The maximum atomic E-state index is 11.5. The fourth-order valence-electron chi connectivity index (χ4n) is 3.83. The van der Waals surface area contributed by atoms with E-state index in [1.54, 1.807) is 13.8 Å². The highest BCUT2D eigenvalue weighted by Crippen LogP contribution is 2.44. The Morgan fingerprint density at radius 2 is 1.90 bits per heavy atom. The molecular weight excluding hydrogens is 400 g/mol. The Kier molecular flexibility index (Phi) is 5.25. The van der Waals surface area contributed by atoms with Gasteiger partial charge in [0.05, 0.1) is 12.0 Å². The fraction of sp³-hybridized carbons (Fsp3) is 0.550. The van der Waals surface area contributed by atoms with Gasteiger partial charge in [-0.25, -0.2) is 4.79 Å². The van der Waals surface area contributed by atoms with Crippen molar-refractivity contribution in [1.82, 2.24) is 0 Å².